The molecule has 28 heavy (non-hydrogen) atoms. The van der Waals surface area contributed by atoms with Gasteiger partial charge in [-0.3, -0.25) is 4.79 Å². The summed E-state index contributed by atoms with van der Waals surface area (Å²) in [5.74, 6) is 0.925. The van der Waals surface area contributed by atoms with Crippen LogP contribution in [0.3, 0.4) is 0 Å². The first kappa shape index (κ1) is 19.9. The van der Waals surface area contributed by atoms with Crippen LogP contribution >= 0.6 is 11.6 Å². The van der Waals surface area contributed by atoms with E-state index >= 15 is 0 Å². The van der Waals surface area contributed by atoms with Crippen molar-refractivity contribution in [2.24, 2.45) is 0 Å². The molecule has 0 aliphatic rings. The van der Waals surface area contributed by atoms with Crippen molar-refractivity contribution >= 4 is 23.2 Å². The smallest absolute Gasteiger partial charge is 0.227 e. The monoisotopic (exact) mass is 398 g/mol. The van der Waals surface area contributed by atoms with E-state index < -0.39 is 0 Å². The van der Waals surface area contributed by atoms with Gasteiger partial charge in [-0.2, -0.15) is 4.98 Å². The van der Waals surface area contributed by atoms with E-state index in [1.165, 1.54) is 5.69 Å². The molecular weight excluding hydrogens is 376 g/mol. The lowest BCUT2D eigenvalue weighted by atomic mass is 10.2. The van der Waals surface area contributed by atoms with Crippen molar-refractivity contribution < 1.29 is 9.32 Å². The van der Waals surface area contributed by atoms with E-state index in [0.717, 1.165) is 18.5 Å². The highest BCUT2D eigenvalue weighted by molar-refractivity contribution is 6.30. The number of benzene rings is 2. The topological polar surface area (TPSA) is 71.3 Å². The highest BCUT2D eigenvalue weighted by atomic mass is 35.5. The lowest BCUT2D eigenvalue weighted by molar-refractivity contribution is -0.121. The van der Waals surface area contributed by atoms with E-state index in [-0.39, 0.29) is 5.91 Å². The van der Waals surface area contributed by atoms with Crippen molar-refractivity contribution in [3.8, 4) is 11.4 Å². The maximum Gasteiger partial charge on any atom is 0.227 e. The second-order valence-electron chi connectivity index (χ2n) is 6.48. The van der Waals surface area contributed by atoms with E-state index in [1.807, 2.05) is 37.4 Å². The van der Waals surface area contributed by atoms with Gasteiger partial charge in [0.2, 0.25) is 17.6 Å². The van der Waals surface area contributed by atoms with Crippen LogP contribution < -0.4 is 10.2 Å². The Morgan fingerprint density at radius 3 is 2.64 bits per heavy atom. The third-order valence-electron chi connectivity index (χ3n) is 4.33. The molecule has 0 spiro atoms. The van der Waals surface area contributed by atoms with Gasteiger partial charge in [-0.15, -0.1) is 0 Å². The molecular formula is C21H23ClN4O2. The summed E-state index contributed by atoms with van der Waals surface area (Å²) in [6.45, 7) is 1.51. The third kappa shape index (κ3) is 5.82. The van der Waals surface area contributed by atoms with Crippen molar-refractivity contribution in [3.05, 3.63) is 65.5 Å². The van der Waals surface area contributed by atoms with Crippen molar-refractivity contribution in [3.63, 3.8) is 0 Å². The Morgan fingerprint density at radius 2 is 1.89 bits per heavy atom. The van der Waals surface area contributed by atoms with Crippen LogP contribution in [-0.2, 0) is 11.2 Å². The second kappa shape index (κ2) is 9.90. The maximum absolute atomic E-state index is 12.0. The minimum absolute atomic E-state index is 0.0198. The van der Waals surface area contributed by atoms with Crippen molar-refractivity contribution in [2.45, 2.75) is 19.3 Å². The first-order valence-electron chi connectivity index (χ1n) is 9.23. The van der Waals surface area contributed by atoms with Gasteiger partial charge in [-0.1, -0.05) is 35.0 Å². The SMILES string of the molecule is CN(CCCNC(=O)CCc1nc(-c2ccc(Cl)cc2)no1)c1ccccc1. The Labute approximate surface area is 169 Å². The first-order chi connectivity index (χ1) is 13.6. The number of carbonyl (C=O) groups is 1. The molecule has 0 atom stereocenters. The number of nitrogens with zero attached hydrogens (tertiary/aromatic N) is 3. The molecule has 1 amide bonds. The molecule has 1 N–H and O–H groups in total. The van der Waals surface area contributed by atoms with Crippen molar-refractivity contribution in [1.82, 2.24) is 15.5 Å². The second-order valence-corrected chi connectivity index (χ2v) is 6.92. The van der Waals surface area contributed by atoms with E-state index in [2.05, 4.69) is 32.5 Å². The molecule has 7 heteroatoms. The summed E-state index contributed by atoms with van der Waals surface area (Å²) in [5, 5.41) is 7.54. The molecule has 146 valence electrons. The predicted octanol–water partition coefficient (Wildman–Crippen LogP) is 3.97. The number of carbonyl (C=O) groups excluding carboxylic acids is 1. The van der Waals surface area contributed by atoms with Gasteiger partial charge >= 0.3 is 0 Å². The van der Waals surface area contributed by atoms with E-state index in [9.17, 15) is 4.79 Å². The molecule has 0 fully saturated rings. The molecule has 1 aromatic heterocycles. The van der Waals surface area contributed by atoms with Crippen molar-refractivity contribution in [1.29, 1.82) is 0 Å². The fraction of sp³-hybridized carbons (Fsp3) is 0.286. The maximum atomic E-state index is 12.0. The minimum atomic E-state index is -0.0198. The van der Waals surface area contributed by atoms with Crippen LogP contribution in [0.1, 0.15) is 18.7 Å². The molecule has 0 aliphatic carbocycles. The summed E-state index contributed by atoms with van der Waals surface area (Å²) in [6.07, 6.45) is 1.60. The molecule has 2 aromatic carbocycles. The van der Waals surface area contributed by atoms with Gasteiger partial charge in [-0.25, -0.2) is 0 Å². The number of halogens is 1. The number of hydrogen-bond acceptors (Lipinski definition) is 5. The largest absolute Gasteiger partial charge is 0.375 e. The minimum Gasteiger partial charge on any atom is -0.375 e. The molecule has 0 bridgehead atoms. The molecule has 0 unspecified atom stereocenters. The number of hydrogen-bond donors (Lipinski definition) is 1. The number of aromatic nitrogens is 2. The summed E-state index contributed by atoms with van der Waals surface area (Å²) in [7, 11) is 2.05. The third-order valence-corrected chi connectivity index (χ3v) is 4.58. The molecule has 3 rings (SSSR count). The Kier molecular flexibility index (Phi) is 7.03. The fourth-order valence-corrected chi connectivity index (χ4v) is 2.86. The van der Waals surface area contributed by atoms with Crippen LogP contribution in [0.5, 0.6) is 0 Å². The Hall–Kier alpha value is -2.86. The number of anilines is 1. The van der Waals surface area contributed by atoms with Gasteiger partial charge in [0.25, 0.3) is 0 Å². The zero-order valence-electron chi connectivity index (χ0n) is 15.8. The highest BCUT2D eigenvalue weighted by Crippen LogP contribution is 2.19. The van der Waals surface area contributed by atoms with E-state index in [1.54, 1.807) is 12.1 Å². The van der Waals surface area contributed by atoms with Gasteiger partial charge in [0.1, 0.15) is 0 Å². The average molecular weight is 399 g/mol. The first-order valence-corrected chi connectivity index (χ1v) is 9.61. The molecule has 0 saturated heterocycles. The number of amides is 1. The number of rotatable bonds is 9. The summed E-state index contributed by atoms with van der Waals surface area (Å²) in [4.78, 5) is 18.5. The Bertz CT molecular complexity index is 881. The Morgan fingerprint density at radius 1 is 1.14 bits per heavy atom. The lowest BCUT2D eigenvalue weighted by Gasteiger charge is -2.19. The normalized spacial score (nSPS) is 10.6. The average Bonchev–Trinajstić information content (AvgIpc) is 3.20. The van der Waals surface area contributed by atoms with Gasteiger partial charge in [0, 0.05) is 49.3 Å². The number of nitrogens with one attached hydrogen (secondary N) is 1. The summed E-state index contributed by atoms with van der Waals surface area (Å²) in [5.41, 5.74) is 1.99. The molecule has 0 saturated carbocycles. The van der Waals surface area contributed by atoms with Gasteiger partial charge < -0.3 is 14.7 Å². The predicted molar refractivity (Wildman–Crippen MR) is 110 cm³/mol. The van der Waals surface area contributed by atoms with Crippen LogP contribution in [-0.4, -0.2) is 36.2 Å². The number of para-hydroxylation sites is 1. The molecule has 0 radical (unpaired) electrons. The highest BCUT2D eigenvalue weighted by Gasteiger charge is 2.10. The van der Waals surface area contributed by atoms with Crippen molar-refractivity contribution in [2.75, 3.05) is 25.0 Å². The number of aryl methyl sites for hydroxylation is 1. The van der Waals surface area contributed by atoms with Crippen LogP contribution in [0, 0.1) is 0 Å². The van der Waals surface area contributed by atoms with E-state index in [0.29, 0.717) is 36.1 Å². The summed E-state index contributed by atoms with van der Waals surface area (Å²) in [6, 6.07) is 17.4. The zero-order chi connectivity index (χ0) is 19.8. The van der Waals surface area contributed by atoms with Gasteiger partial charge in [-0.05, 0) is 42.8 Å². The molecule has 1 heterocycles. The zero-order valence-corrected chi connectivity index (χ0v) is 16.5. The standard InChI is InChI=1S/C21H23ClN4O2/c1-26(18-6-3-2-4-7-18)15-5-14-23-19(27)12-13-20-24-21(25-28-20)16-8-10-17(22)11-9-16/h2-4,6-11H,5,12-15H2,1H3,(H,23,27). The fourth-order valence-electron chi connectivity index (χ4n) is 2.74. The van der Waals surface area contributed by atoms with Crippen LogP contribution in [0.15, 0.2) is 59.1 Å². The van der Waals surface area contributed by atoms with Gasteiger partial charge in [0.15, 0.2) is 0 Å². The lowest BCUT2D eigenvalue weighted by Crippen LogP contribution is -2.28. The molecule has 3 aromatic rings. The van der Waals surface area contributed by atoms with Crippen LogP contribution in [0.2, 0.25) is 5.02 Å². The van der Waals surface area contributed by atoms with Gasteiger partial charge in [0.05, 0.1) is 0 Å². The van der Waals surface area contributed by atoms with Crippen LogP contribution in [0.25, 0.3) is 11.4 Å². The quantitative estimate of drug-likeness (QED) is 0.552. The summed E-state index contributed by atoms with van der Waals surface area (Å²) >= 11 is 5.88. The summed E-state index contributed by atoms with van der Waals surface area (Å²) < 4.78 is 5.23. The molecule has 0 aliphatic heterocycles. The molecule has 6 nitrogen and oxygen atoms in total. The van der Waals surface area contributed by atoms with E-state index in [4.69, 9.17) is 16.1 Å². The van der Waals surface area contributed by atoms with Crippen LogP contribution in [0.4, 0.5) is 5.69 Å². The Balaban J connectivity index is 1.36.